The second kappa shape index (κ2) is 5.15. The van der Waals surface area contributed by atoms with Crippen LogP contribution in [0.15, 0.2) is 46.9 Å². The summed E-state index contributed by atoms with van der Waals surface area (Å²) < 4.78 is 0.543. The van der Waals surface area contributed by atoms with Gasteiger partial charge in [0.2, 0.25) is 0 Å². The predicted octanol–water partition coefficient (Wildman–Crippen LogP) is 3.93. The molecule has 2 aromatic rings. The zero-order chi connectivity index (χ0) is 14.0. The molecule has 0 saturated carbocycles. The average molecular weight is 323 g/mol. The van der Waals surface area contributed by atoms with Crippen molar-refractivity contribution in [2.75, 3.05) is 0 Å². The normalized spacial score (nSPS) is 10.2. The van der Waals surface area contributed by atoms with Crippen LogP contribution in [0.4, 0.5) is 11.4 Å². The van der Waals surface area contributed by atoms with E-state index in [1.165, 1.54) is 30.3 Å². The van der Waals surface area contributed by atoms with Gasteiger partial charge in [0.1, 0.15) is 0 Å². The minimum absolute atomic E-state index is 0.159. The standard InChI is InChI=1S/C12H7BrN2O4/c13-8-5-6-10(12(7-8)15(18)19)9-3-1-2-4-11(9)14(16)17/h1-7H. The monoisotopic (exact) mass is 322 g/mol. The highest BCUT2D eigenvalue weighted by Gasteiger charge is 2.22. The minimum Gasteiger partial charge on any atom is -0.258 e. The van der Waals surface area contributed by atoms with Gasteiger partial charge in [-0.15, -0.1) is 0 Å². The van der Waals surface area contributed by atoms with Crippen LogP contribution in [0, 0.1) is 20.2 Å². The van der Waals surface area contributed by atoms with Gasteiger partial charge in [0.15, 0.2) is 0 Å². The first-order chi connectivity index (χ1) is 9.00. The maximum absolute atomic E-state index is 11.0. The molecule has 0 fully saturated rings. The molecule has 0 aromatic heterocycles. The van der Waals surface area contributed by atoms with Crippen LogP contribution in [0.1, 0.15) is 0 Å². The molecule has 0 bridgehead atoms. The Morgan fingerprint density at radius 1 is 0.842 bits per heavy atom. The molecule has 0 heterocycles. The van der Waals surface area contributed by atoms with E-state index in [9.17, 15) is 20.2 Å². The lowest BCUT2D eigenvalue weighted by atomic mass is 10.0. The summed E-state index contributed by atoms with van der Waals surface area (Å²) in [7, 11) is 0. The lowest BCUT2D eigenvalue weighted by molar-refractivity contribution is -0.386. The molecule has 0 amide bonds. The van der Waals surface area contributed by atoms with E-state index in [0.29, 0.717) is 4.47 Å². The van der Waals surface area contributed by atoms with Crippen molar-refractivity contribution in [1.82, 2.24) is 0 Å². The van der Waals surface area contributed by atoms with Crippen molar-refractivity contribution in [1.29, 1.82) is 0 Å². The number of halogens is 1. The van der Waals surface area contributed by atoms with E-state index in [-0.39, 0.29) is 22.5 Å². The van der Waals surface area contributed by atoms with Crippen molar-refractivity contribution in [3.8, 4) is 11.1 Å². The van der Waals surface area contributed by atoms with Crippen molar-refractivity contribution in [3.63, 3.8) is 0 Å². The SMILES string of the molecule is O=[N+]([O-])c1ccccc1-c1ccc(Br)cc1[N+](=O)[O-]. The summed E-state index contributed by atoms with van der Waals surface area (Å²) in [5, 5.41) is 22.0. The Hall–Kier alpha value is -2.28. The molecule has 0 atom stereocenters. The van der Waals surface area contributed by atoms with Crippen molar-refractivity contribution in [2.24, 2.45) is 0 Å². The summed E-state index contributed by atoms with van der Waals surface area (Å²) >= 11 is 3.15. The fourth-order valence-corrected chi connectivity index (χ4v) is 2.09. The van der Waals surface area contributed by atoms with E-state index in [0.717, 1.165) is 0 Å². The highest BCUT2D eigenvalue weighted by Crippen LogP contribution is 2.37. The molecule has 0 N–H and O–H groups in total. The van der Waals surface area contributed by atoms with E-state index in [1.807, 2.05) is 0 Å². The second-order valence-electron chi connectivity index (χ2n) is 3.69. The fraction of sp³-hybridized carbons (Fsp3) is 0. The zero-order valence-corrected chi connectivity index (χ0v) is 11.0. The lowest BCUT2D eigenvalue weighted by Crippen LogP contribution is -1.96. The summed E-state index contributed by atoms with van der Waals surface area (Å²) in [5.41, 5.74) is 0.115. The van der Waals surface area contributed by atoms with E-state index < -0.39 is 9.85 Å². The van der Waals surface area contributed by atoms with Crippen LogP contribution < -0.4 is 0 Å². The van der Waals surface area contributed by atoms with Gasteiger partial charge in [-0.3, -0.25) is 20.2 Å². The number of para-hydroxylation sites is 1. The first-order valence-electron chi connectivity index (χ1n) is 5.18. The molecule has 96 valence electrons. The molecule has 0 spiro atoms. The Labute approximate surface area is 116 Å². The van der Waals surface area contributed by atoms with Crippen LogP contribution in [0.25, 0.3) is 11.1 Å². The Morgan fingerprint density at radius 3 is 2.05 bits per heavy atom. The molecule has 0 saturated heterocycles. The van der Waals surface area contributed by atoms with Gasteiger partial charge in [-0.25, -0.2) is 0 Å². The number of nitro groups is 2. The number of nitrogens with zero attached hydrogens (tertiary/aromatic N) is 2. The summed E-state index contributed by atoms with van der Waals surface area (Å²) in [6.07, 6.45) is 0. The molecular formula is C12H7BrN2O4. The molecule has 0 aliphatic rings. The van der Waals surface area contributed by atoms with Crippen LogP contribution in [-0.2, 0) is 0 Å². The Kier molecular flexibility index (Phi) is 3.57. The zero-order valence-electron chi connectivity index (χ0n) is 9.45. The molecule has 0 unspecified atom stereocenters. The van der Waals surface area contributed by atoms with Crippen LogP contribution in [-0.4, -0.2) is 9.85 Å². The molecule has 7 heteroatoms. The second-order valence-corrected chi connectivity index (χ2v) is 4.61. The minimum atomic E-state index is -0.559. The molecule has 19 heavy (non-hydrogen) atoms. The predicted molar refractivity (Wildman–Crippen MR) is 72.9 cm³/mol. The third kappa shape index (κ3) is 2.60. The van der Waals surface area contributed by atoms with E-state index in [2.05, 4.69) is 15.9 Å². The number of rotatable bonds is 3. The maximum Gasteiger partial charge on any atom is 0.278 e. The molecule has 0 radical (unpaired) electrons. The van der Waals surface area contributed by atoms with Gasteiger partial charge < -0.3 is 0 Å². The highest BCUT2D eigenvalue weighted by molar-refractivity contribution is 9.10. The number of nitro benzene ring substituents is 2. The van der Waals surface area contributed by atoms with Gasteiger partial charge in [-0.2, -0.15) is 0 Å². The molecule has 0 aliphatic heterocycles. The van der Waals surface area contributed by atoms with E-state index >= 15 is 0 Å². The summed E-state index contributed by atoms with van der Waals surface area (Å²) in [4.78, 5) is 20.9. The molecular weight excluding hydrogens is 316 g/mol. The fourth-order valence-electron chi connectivity index (χ4n) is 1.74. The van der Waals surface area contributed by atoms with Gasteiger partial charge >= 0.3 is 0 Å². The van der Waals surface area contributed by atoms with Crippen LogP contribution >= 0.6 is 15.9 Å². The van der Waals surface area contributed by atoms with Gasteiger partial charge in [0, 0.05) is 16.6 Å². The molecule has 2 aromatic carbocycles. The van der Waals surface area contributed by atoms with Gasteiger partial charge in [-0.1, -0.05) is 28.1 Å². The quantitative estimate of drug-likeness (QED) is 0.632. The topological polar surface area (TPSA) is 86.3 Å². The van der Waals surface area contributed by atoms with E-state index in [1.54, 1.807) is 12.1 Å². The third-order valence-corrected chi connectivity index (χ3v) is 3.04. The Bertz CT molecular complexity index is 673. The van der Waals surface area contributed by atoms with Gasteiger partial charge in [0.25, 0.3) is 11.4 Å². The molecule has 2 rings (SSSR count). The highest BCUT2D eigenvalue weighted by atomic mass is 79.9. The molecule has 0 aliphatic carbocycles. The van der Waals surface area contributed by atoms with Crippen molar-refractivity contribution >= 4 is 27.3 Å². The Morgan fingerprint density at radius 2 is 1.42 bits per heavy atom. The summed E-state index contributed by atoms with van der Waals surface area (Å²) in [6.45, 7) is 0. The van der Waals surface area contributed by atoms with Crippen LogP contribution in [0.3, 0.4) is 0 Å². The first-order valence-corrected chi connectivity index (χ1v) is 5.97. The summed E-state index contributed by atoms with van der Waals surface area (Å²) in [5.74, 6) is 0. The van der Waals surface area contributed by atoms with E-state index in [4.69, 9.17) is 0 Å². The van der Waals surface area contributed by atoms with Crippen molar-refractivity contribution in [3.05, 3.63) is 67.2 Å². The lowest BCUT2D eigenvalue weighted by Gasteiger charge is -2.04. The number of hydrogen-bond donors (Lipinski definition) is 0. The maximum atomic E-state index is 11.0. The smallest absolute Gasteiger partial charge is 0.258 e. The largest absolute Gasteiger partial charge is 0.278 e. The number of hydrogen-bond acceptors (Lipinski definition) is 4. The summed E-state index contributed by atoms with van der Waals surface area (Å²) in [6, 6.07) is 10.4. The molecule has 6 nitrogen and oxygen atoms in total. The van der Waals surface area contributed by atoms with Crippen LogP contribution in [0.2, 0.25) is 0 Å². The Balaban J connectivity index is 2.72. The van der Waals surface area contributed by atoms with Crippen molar-refractivity contribution < 1.29 is 9.85 Å². The van der Waals surface area contributed by atoms with Crippen molar-refractivity contribution in [2.45, 2.75) is 0 Å². The average Bonchev–Trinajstić information content (AvgIpc) is 2.38. The van der Waals surface area contributed by atoms with Gasteiger partial charge in [0.05, 0.1) is 21.0 Å². The number of benzene rings is 2. The van der Waals surface area contributed by atoms with Gasteiger partial charge in [-0.05, 0) is 18.2 Å². The first kappa shape index (κ1) is 13.2. The van der Waals surface area contributed by atoms with Crippen LogP contribution in [0.5, 0.6) is 0 Å². The third-order valence-electron chi connectivity index (χ3n) is 2.55.